The van der Waals surface area contributed by atoms with Crippen LogP contribution in [0.3, 0.4) is 0 Å². The smallest absolute Gasteiger partial charge is 0.328 e. The fraction of sp³-hybridized carbons (Fsp3) is 0.464. The lowest BCUT2D eigenvalue weighted by Gasteiger charge is -2.43. The first-order valence-electron chi connectivity index (χ1n) is 11.3. The van der Waals surface area contributed by atoms with Crippen molar-refractivity contribution in [2.45, 2.75) is 76.5 Å². The van der Waals surface area contributed by atoms with Crippen molar-refractivity contribution in [2.75, 3.05) is 7.11 Å². The molecular weight excluding hydrogens is 384 g/mol. The van der Waals surface area contributed by atoms with Gasteiger partial charge in [0.15, 0.2) is 0 Å². The Morgan fingerprint density at radius 2 is 1.52 bits per heavy atom. The van der Waals surface area contributed by atoms with E-state index < -0.39 is 5.97 Å². The van der Waals surface area contributed by atoms with E-state index in [2.05, 4.69) is 52.8 Å². The molecule has 0 bridgehead atoms. The second-order valence-electron chi connectivity index (χ2n) is 10.7. The van der Waals surface area contributed by atoms with Crippen LogP contribution < -0.4 is 4.74 Å². The van der Waals surface area contributed by atoms with Crippen molar-refractivity contribution < 1.29 is 14.6 Å². The van der Waals surface area contributed by atoms with Crippen LogP contribution in [0.15, 0.2) is 36.4 Å². The van der Waals surface area contributed by atoms with Crippen LogP contribution >= 0.6 is 0 Å². The van der Waals surface area contributed by atoms with E-state index in [4.69, 9.17) is 9.84 Å². The van der Waals surface area contributed by atoms with Gasteiger partial charge in [-0.15, -0.1) is 0 Å². The summed E-state index contributed by atoms with van der Waals surface area (Å²) in [5, 5.41) is 9.02. The second kappa shape index (κ2) is 7.25. The van der Waals surface area contributed by atoms with Crippen molar-refractivity contribution in [3.8, 4) is 5.75 Å². The topological polar surface area (TPSA) is 46.5 Å². The molecule has 164 valence electrons. The number of methoxy groups -OCH3 is 1. The lowest BCUT2D eigenvalue weighted by Crippen LogP contribution is -2.34. The zero-order chi connectivity index (χ0) is 22.6. The summed E-state index contributed by atoms with van der Waals surface area (Å²) in [4.78, 5) is 11.0. The number of carbonyl (C=O) groups is 1. The number of aliphatic carboxylic acids is 1. The monoisotopic (exact) mass is 418 g/mol. The summed E-state index contributed by atoms with van der Waals surface area (Å²) in [6.07, 6.45) is 7.43. The lowest BCUT2D eigenvalue weighted by atomic mass is 9.62. The van der Waals surface area contributed by atoms with Gasteiger partial charge in [-0.2, -0.15) is 0 Å². The Labute approximate surface area is 186 Å². The zero-order valence-electron chi connectivity index (χ0n) is 19.6. The molecule has 4 rings (SSSR count). The number of benzene rings is 2. The summed E-state index contributed by atoms with van der Waals surface area (Å²) < 4.78 is 5.76. The highest BCUT2D eigenvalue weighted by Gasteiger charge is 2.50. The Kier molecular flexibility index (Phi) is 5.07. The number of ether oxygens (including phenoxy) is 1. The van der Waals surface area contributed by atoms with E-state index in [0.29, 0.717) is 0 Å². The Morgan fingerprint density at radius 3 is 2.06 bits per heavy atom. The quantitative estimate of drug-likeness (QED) is 0.562. The molecule has 2 aliphatic carbocycles. The molecule has 0 saturated heterocycles. The van der Waals surface area contributed by atoms with Gasteiger partial charge in [-0.25, -0.2) is 4.79 Å². The van der Waals surface area contributed by atoms with Crippen LogP contribution in [0.25, 0.3) is 6.08 Å². The summed E-state index contributed by atoms with van der Waals surface area (Å²) in [6.45, 7) is 11.7. The third-order valence-corrected chi connectivity index (χ3v) is 7.62. The van der Waals surface area contributed by atoms with Crippen LogP contribution in [0.4, 0.5) is 0 Å². The standard InChI is InChI=1S/C28H34O3/c1-18-15-21-22(27(4,5)12-11-26(21,2)3)17-20(18)28(13-14-28)23-16-19(8-10-25(29)30)7-9-24(23)31-6/h7-10,15-17H,11-14H2,1-6H3,(H,29,30). The van der Waals surface area contributed by atoms with E-state index in [9.17, 15) is 4.79 Å². The van der Waals surface area contributed by atoms with Crippen LogP contribution in [-0.2, 0) is 21.0 Å². The highest BCUT2D eigenvalue weighted by molar-refractivity contribution is 5.85. The maximum Gasteiger partial charge on any atom is 0.328 e. The molecule has 2 aromatic carbocycles. The molecule has 0 aromatic heterocycles. The van der Waals surface area contributed by atoms with E-state index in [0.717, 1.165) is 24.2 Å². The van der Waals surface area contributed by atoms with Gasteiger partial charge in [0.25, 0.3) is 0 Å². The average molecular weight is 419 g/mol. The Morgan fingerprint density at radius 1 is 0.903 bits per heavy atom. The van der Waals surface area contributed by atoms with Gasteiger partial charge >= 0.3 is 5.97 Å². The molecule has 1 saturated carbocycles. The molecule has 0 aliphatic heterocycles. The molecule has 31 heavy (non-hydrogen) atoms. The Balaban J connectivity index is 1.88. The number of carboxylic acid groups (broad SMARTS) is 1. The molecule has 0 heterocycles. The summed E-state index contributed by atoms with van der Waals surface area (Å²) in [5.41, 5.74) is 8.08. The first-order chi connectivity index (χ1) is 14.5. The molecule has 0 radical (unpaired) electrons. The molecular formula is C28H34O3. The Bertz CT molecular complexity index is 1070. The van der Waals surface area contributed by atoms with Crippen molar-refractivity contribution >= 4 is 12.0 Å². The minimum absolute atomic E-state index is 0.0603. The first-order valence-corrected chi connectivity index (χ1v) is 11.3. The predicted octanol–water partition coefficient (Wildman–Crippen LogP) is 6.53. The van der Waals surface area contributed by atoms with Crippen molar-refractivity contribution in [3.05, 3.63) is 69.8 Å². The fourth-order valence-corrected chi connectivity index (χ4v) is 5.42. The third-order valence-electron chi connectivity index (χ3n) is 7.62. The first kappa shape index (κ1) is 21.7. The second-order valence-corrected chi connectivity index (χ2v) is 10.7. The van der Waals surface area contributed by atoms with Gasteiger partial charge in [0.1, 0.15) is 5.75 Å². The lowest BCUT2D eigenvalue weighted by molar-refractivity contribution is -0.131. The van der Waals surface area contributed by atoms with Crippen molar-refractivity contribution in [2.24, 2.45) is 0 Å². The number of aryl methyl sites for hydroxylation is 1. The highest BCUT2D eigenvalue weighted by atomic mass is 16.5. The van der Waals surface area contributed by atoms with E-state index in [1.54, 1.807) is 13.2 Å². The number of rotatable bonds is 5. The molecule has 0 unspecified atom stereocenters. The molecule has 3 heteroatoms. The van der Waals surface area contributed by atoms with Crippen molar-refractivity contribution in [1.82, 2.24) is 0 Å². The maximum atomic E-state index is 11.0. The maximum absolute atomic E-state index is 11.0. The summed E-state index contributed by atoms with van der Waals surface area (Å²) in [6, 6.07) is 10.9. The van der Waals surface area contributed by atoms with Crippen LogP contribution in [-0.4, -0.2) is 18.2 Å². The average Bonchev–Trinajstić information content (AvgIpc) is 3.51. The van der Waals surface area contributed by atoms with Crippen molar-refractivity contribution in [3.63, 3.8) is 0 Å². The number of carboxylic acids is 1. The highest BCUT2D eigenvalue weighted by Crippen LogP contribution is 2.58. The number of fused-ring (bicyclic) bond motifs is 1. The molecule has 3 nitrogen and oxygen atoms in total. The van der Waals surface area contributed by atoms with E-state index in [-0.39, 0.29) is 16.2 Å². The molecule has 0 spiro atoms. The Hall–Kier alpha value is -2.55. The number of hydrogen-bond acceptors (Lipinski definition) is 2. The molecule has 0 atom stereocenters. The third kappa shape index (κ3) is 3.69. The summed E-state index contributed by atoms with van der Waals surface area (Å²) in [7, 11) is 1.72. The van der Waals surface area contributed by atoms with Crippen LogP contribution in [0.2, 0.25) is 0 Å². The molecule has 2 aromatic rings. The van der Waals surface area contributed by atoms with Gasteiger partial charge in [0.05, 0.1) is 7.11 Å². The van der Waals surface area contributed by atoms with E-state index >= 15 is 0 Å². The zero-order valence-corrected chi connectivity index (χ0v) is 19.6. The fourth-order valence-electron chi connectivity index (χ4n) is 5.42. The summed E-state index contributed by atoms with van der Waals surface area (Å²) >= 11 is 0. The van der Waals surface area contributed by atoms with Crippen LogP contribution in [0, 0.1) is 6.92 Å². The van der Waals surface area contributed by atoms with Crippen LogP contribution in [0.5, 0.6) is 5.75 Å². The van der Waals surface area contributed by atoms with Crippen LogP contribution in [0.1, 0.15) is 86.8 Å². The predicted molar refractivity (Wildman–Crippen MR) is 126 cm³/mol. The SMILES string of the molecule is COc1ccc(C=CC(=O)O)cc1C1(c2cc3c(cc2C)C(C)(C)CCC3(C)C)CC1. The van der Waals surface area contributed by atoms with E-state index in [1.165, 1.54) is 46.7 Å². The molecule has 1 N–H and O–H groups in total. The van der Waals surface area contributed by atoms with Crippen molar-refractivity contribution in [1.29, 1.82) is 0 Å². The largest absolute Gasteiger partial charge is 0.496 e. The van der Waals surface area contributed by atoms with Gasteiger partial charge in [-0.3, -0.25) is 0 Å². The van der Waals surface area contributed by atoms with Gasteiger partial charge < -0.3 is 9.84 Å². The normalized spacial score (nSPS) is 20.3. The van der Waals surface area contributed by atoms with Gasteiger partial charge in [0.2, 0.25) is 0 Å². The molecule has 2 aliphatic rings. The van der Waals surface area contributed by atoms with Gasteiger partial charge in [-0.05, 0) is 89.5 Å². The van der Waals surface area contributed by atoms with E-state index in [1.807, 2.05) is 12.1 Å². The molecule has 1 fully saturated rings. The summed E-state index contributed by atoms with van der Waals surface area (Å²) in [5.74, 6) is -0.0597. The minimum atomic E-state index is -0.936. The van der Waals surface area contributed by atoms with Gasteiger partial charge in [-0.1, -0.05) is 45.9 Å². The molecule has 0 amide bonds. The minimum Gasteiger partial charge on any atom is -0.496 e. The number of hydrogen-bond donors (Lipinski definition) is 1. The van der Waals surface area contributed by atoms with Gasteiger partial charge in [0, 0.05) is 17.1 Å².